The number of nitrogens with one attached hydrogen (secondary N) is 2. The predicted octanol–water partition coefficient (Wildman–Crippen LogP) is 0.891. The molecule has 2 heterocycles. The zero-order valence-corrected chi connectivity index (χ0v) is 10.9. The number of hydrazone groups is 1. The van der Waals surface area contributed by atoms with E-state index in [2.05, 4.69) is 43.4 Å². The van der Waals surface area contributed by atoms with Crippen LogP contribution in [-0.4, -0.2) is 22.5 Å². The Balaban J connectivity index is 2.02. The number of aromatic nitrogens is 1. The van der Waals surface area contributed by atoms with Crippen LogP contribution in [0.3, 0.4) is 0 Å². The molecule has 0 saturated carbocycles. The number of carbonyl (C=O) groups is 2. The number of pyridine rings is 1. The quantitative estimate of drug-likeness (QED) is 0.782. The van der Waals surface area contributed by atoms with Crippen molar-refractivity contribution in [3.05, 3.63) is 21.9 Å². The van der Waals surface area contributed by atoms with Gasteiger partial charge in [-0.1, -0.05) is 0 Å². The van der Waals surface area contributed by atoms with E-state index in [-0.39, 0.29) is 18.2 Å². The van der Waals surface area contributed by atoms with Crippen LogP contribution < -0.4 is 10.7 Å². The molecule has 1 aromatic heterocycles. The monoisotopic (exact) mass is 344 g/mol. The Labute approximate surface area is 111 Å². The first-order valence-electron chi connectivity index (χ1n) is 4.93. The highest BCUT2D eigenvalue weighted by Crippen LogP contribution is 2.08. The van der Waals surface area contributed by atoms with Crippen molar-refractivity contribution in [2.75, 3.05) is 5.32 Å². The molecule has 7 heteroatoms. The molecule has 0 atom stereocenters. The Hall–Kier alpha value is -1.51. The van der Waals surface area contributed by atoms with Gasteiger partial charge in [-0.3, -0.25) is 9.59 Å². The van der Waals surface area contributed by atoms with Crippen molar-refractivity contribution in [1.29, 1.82) is 0 Å². The van der Waals surface area contributed by atoms with Gasteiger partial charge in [-0.15, -0.1) is 0 Å². The zero-order valence-electron chi connectivity index (χ0n) is 8.74. The highest BCUT2D eigenvalue weighted by molar-refractivity contribution is 14.1. The second-order valence-electron chi connectivity index (χ2n) is 3.41. The largest absolute Gasteiger partial charge is 0.305 e. The molecule has 0 aliphatic carbocycles. The minimum Gasteiger partial charge on any atom is -0.305 e. The zero-order chi connectivity index (χ0) is 12.3. The van der Waals surface area contributed by atoms with E-state index in [1.807, 2.05) is 6.07 Å². The molecule has 6 nitrogen and oxygen atoms in total. The maximum Gasteiger partial charge on any atom is 0.273 e. The first kappa shape index (κ1) is 12.0. The number of rotatable bonds is 2. The number of hydrogen-bond donors (Lipinski definition) is 2. The molecular weight excluding hydrogens is 335 g/mol. The van der Waals surface area contributed by atoms with Crippen molar-refractivity contribution in [3.8, 4) is 0 Å². The van der Waals surface area contributed by atoms with Gasteiger partial charge in [0.2, 0.25) is 5.91 Å². The summed E-state index contributed by atoms with van der Waals surface area (Å²) in [5, 5.41) is 6.32. The van der Waals surface area contributed by atoms with E-state index in [0.29, 0.717) is 18.0 Å². The second kappa shape index (κ2) is 5.21. The van der Waals surface area contributed by atoms with Gasteiger partial charge in [0.25, 0.3) is 5.91 Å². The van der Waals surface area contributed by atoms with Crippen LogP contribution in [0.1, 0.15) is 12.8 Å². The van der Waals surface area contributed by atoms with E-state index < -0.39 is 0 Å². The molecule has 2 rings (SSSR count). The summed E-state index contributed by atoms with van der Waals surface area (Å²) < 4.78 is 0.989. The molecule has 0 spiro atoms. The maximum atomic E-state index is 11.7. The summed E-state index contributed by atoms with van der Waals surface area (Å²) in [6, 6.07) is 3.55. The molecule has 2 N–H and O–H groups in total. The van der Waals surface area contributed by atoms with Crippen LogP contribution >= 0.6 is 22.6 Å². The van der Waals surface area contributed by atoms with Crippen molar-refractivity contribution in [2.45, 2.75) is 12.8 Å². The molecule has 0 bridgehead atoms. The third-order valence-corrected chi connectivity index (χ3v) is 2.77. The summed E-state index contributed by atoms with van der Waals surface area (Å²) in [5.74, 6) is -0.0392. The summed E-state index contributed by atoms with van der Waals surface area (Å²) in [6.07, 6.45) is 2.29. The Morgan fingerprint density at radius 3 is 2.82 bits per heavy atom. The third kappa shape index (κ3) is 3.22. The standard InChI is InChI=1S/C10H9IN4O2/c11-6-1-3-8(12-5-6)13-10(17)7-2-4-9(16)15-14-7/h1,3,5H,2,4H2,(H,15,16)(H,12,13,17). The lowest BCUT2D eigenvalue weighted by Gasteiger charge is -2.11. The number of amides is 2. The van der Waals surface area contributed by atoms with Gasteiger partial charge in [0.15, 0.2) is 0 Å². The molecule has 1 aliphatic rings. The normalized spacial score (nSPS) is 14.9. The molecule has 1 aliphatic heterocycles. The third-order valence-electron chi connectivity index (χ3n) is 2.14. The van der Waals surface area contributed by atoms with Crippen LogP contribution in [-0.2, 0) is 9.59 Å². The number of anilines is 1. The van der Waals surface area contributed by atoms with Crippen molar-refractivity contribution < 1.29 is 9.59 Å². The van der Waals surface area contributed by atoms with Gasteiger partial charge in [0.1, 0.15) is 11.5 Å². The molecule has 1 aromatic rings. The van der Waals surface area contributed by atoms with Crippen LogP contribution in [0.15, 0.2) is 23.4 Å². The summed E-state index contributed by atoms with van der Waals surface area (Å²) in [7, 11) is 0. The second-order valence-corrected chi connectivity index (χ2v) is 4.65. The highest BCUT2D eigenvalue weighted by atomic mass is 127. The average Bonchev–Trinajstić information content (AvgIpc) is 2.33. The Kier molecular flexibility index (Phi) is 3.67. The first-order chi connectivity index (χ1) is 8.15. The van der Waals surface area contributed by atoms with Gasteiger partial charge in [-0.05, 0) is 34.7 Å². The van der Waals surface area contributed by atoms with E-state index in [9.17, 15) is 9.59 Å². The molecule has 88 valence electrons. The average molecular weight is 344 g/mol. The van der Waals surface area contributed by atoms with Crippen LogP contribution in [0.2, 0.25) is 0 Å². The van der Waals surface area contributed by atoms with Gasteiger partial charge in [-0.2, -0.15) is 5.10 Å². The number of carbonyl (C=O) groups excluding carboxylic acids is 2. The lowest BCUT2D eigenvalue weighted by Crippen LogP contribution is -2.32. The summed E-state index contributed by atoms with van der Waals surface area (Å²) >= 11 is 2.13. The SMILES string of the molecule is O=C1CCC(C(=O)Nc2ccc(I)cn2)=NN1. The molecule has 0 unspecified atom stereocenters. The van der Waals surface area contributed by atoms with Gasteiger partial charge in [0, 0.05) is 22.6 Å². The van der Waals surface area contributed by atoms with Gasteiger partial charge < -0.3 is 5.32 Å². The van der Waals surface area contributed by atoms with E-state index in [0.717, 1.165) is 3.57 Å². The van der Waals surface area contributed by atoms with E-state index in [1.54, 1.807) is 12.3 Å². The lowest BCUT2D eigenvalue weighted by molar-refractivity contribution is -0.121. The minimum absolute atomic E-state index is 0.172. The van der Waals surface area contributed by atoms with Crippen LogP contribution in [0.4, 0.5) is 5.82 Å². The van der Waals surface area contributed by atoms with Crippen molar-refractivity contribution in [3.63, 3.8) is 0 Å². The van der Waals surface area contributed by atoms with E-state index in [1.165, 1.54) is 0 Å². The fourth-order valence-corrected chi connectivity index (χ4v) is 1.60. The molecular formula is C10H9IN4O2. The van der Waals surface area contributed by atoms with Gasteiger partial charge in [-0.25, -0.2) is 10.4 Å². The van der Waals surface area contributed by atoms with E-state index >= 15 is 0 Å². The van der Waals surface area contributed by atoms with Crippen molar-refractivity contribution >= 4 is 45.9 Å². The Bertz CT molecular complexity index is 484. The van der Waals surface area contributed by atoms with Crippen LogP contribution in [0.5, 0.6) is 0 Å². The molecule has 0 aromatic carbocycles. The number of hydrogen-bond acceptors (Lipinski definition) is 4. The van der Waals surface area contributed by atoms with Crippen molar-refractivity contribution in [1.82, 2.24) is 10.4 Å². The van der Waals surface area contributed by atoms with Crippen LogP contribution in [0.25, 0.3) is 0 Å². The van der Waals surface area contributed by atoms with Gasteiger partial charge >= 0.3 is 0 Å². The smallest absolute Gasteiger partial charge is 0.273 e. The van der Waals surface area contributed by atoms with E-state index in [4.69, 9.17) is 0 Å². The highest BCUT2D eigenvalue weighted by Gasteiger charge is 2.18. The maximum absolute atomic E-state index is 11.7. The Morgan fingerprint density at radius 1 is 1.41 bits per heavy atom. The number of halogens is 1. The van der Waals surface area contributed by atoms with Crippen molar-refractivity contribution in [2.24, 2.45) is 5.10 Å². The fraction of sp³-hybridized carbons (Fsp3) is 0.200. The Morgan fingerprint density at radius 2 is 2.24 bits per heavy atom. The van der Waals surface area contributed by atoms with Crippen LogP contribution in [0, 0.1) is 3.57 Å². The fourth-order valence-electron chi connectivity index (χ4n) is 1.28. The first-order valence-corrected chi connectivity index (χ1v) is 6.01. The molecule has 17 heavy (non-hydrogen) atoms. The minimum atomic E-state index is -0.335. The predicted molar refractivity (Wildman–Crippen MR) is 70.4 cm³/mol. The van der Waals surface area contributed by atoms with Gasteiger partial charge in [0.05, 0.1) is 0 Å². The molecule has 0 saturated heterocycles. The molecule has 0 fully saturated rings. The number of nitrogens with zero attached hydrogens (tertiary/aromatic N) is 2. The lowest BCUT2D eigenvalue weighted by atomic mass is 10.1. The molecule has 2 amide bonds. The summed E-state index contributed by atoms with van der Waals surface area (Å²) in [4.78, 5) is 26.6. The summed E-state index contributed by atoms with van der Waals surface area (Å²) in [5.41, 5.74) is 2.58. The molecule has 0 radical (unpaired) electrons. The summed E-state index contributed by atoms with van der Waals surface area (Å²) in [6.45, 7) is 0. The topological polar surface area (TPSA) is 83.5 Å².